The zero-order chi connectivity index (χ0) is 27.1. The summed E-state index contributed by atoms with van der Waals surface area (Å²) in [6, 6.07) is 14.9. The second-order valence-corrected chi connectivity index (χ2v) is 11.9. The second kappa shape index (κ2) is 10.3. The Labute approximate surface area is 220 Å². The Morgan fingerprint density at radius 3 is 2.42 bits per heavy atom. The fourth-order valence-electron chi connectivity index (χ4n) is 5.55. The van der Waals surface area contributed by atoms with Gasteiger partial charge >= 0.3 is 6.18 Å². The van der Waals surface area contributed by atoms with Crippen LogP contribution in [0.15, 0.2) is 59.5 Å². The molecule has 0 unspecified atom stereocenters. The van der Waals surface area contributed by atoms with Crippen LogP contribution in [0.25, 0.3) is 22.2 Å². The molecule has 11 heteroatoms. The molecule has 5 rings (SSSR count). The van der Waals surface area contributed by atoms with Gasteiger partial charge in [0.1, 0.15) is 6.04 Å². The van der Waals surface area contributed by atoms with Crippen LogP contribution in [-0.2, 0) is 21.9 Å². The first kappa shape index (κ1) is 26.7. The summed E-state index contributed by atoms with van der Waals surface area (Å²) in [5.41, 5.74) is 2.94. The Bertz CT molecular complexity index is 1410. The number of piperazine rings is 1. The molecule has 1 saturated heterocycles. The standard InChI is InChI=1S/C27H31F3N4O3S/c1-33-23-12-11-22(15-20(23)16-24(33)18-5-3-2-4-6-18)38(36,37)32-21-9-7-19(8-10-21)26(35)34-14-13-31-25(17-34)27(28,29)30/h2-6,11-12,15-16,19,21,25,31-32H,7-10,13-14,17H2,1H3/t19?,21?,25-/m1/s1. The van der Waals surface area contributed by atoms with Gasteiger partial charge in [-0.25, -0.2) is 13.1 Å². The van der Waals surface area contributed by atoms with E-state index < -0.39 is 22.2 Å². The van der Waals surface area contributed by atoms with Crippen LogP contribution in [-0.4, -0.2) is 61.7 Å². The van der Waals surface area contributed by atoms with Crippen LogP contribution >= 0.6 is 0 Å². The molecule has 7 nitrogen and oxygen atoms in total. The van der Waals surface area contributed by atoms with Crippen molar-refractivity contribution in [3.63, 3.8) is 0 Å². The maximum atomic E-state index is 13.2. The Morgan fingerprint density at radius 1 is 1.03 bits per heavy atom. The number of carbonyl (C=O) groups is 1. The average Bonchev–Trinajstić information content (AvgIpc) is 3.24. The molecule has 0 bridgehead atoms. The molecule has 0 spiro atoms. The minimum Gasteiger partial charge on any atom is -0.344 e. The lowest BCUT2D eigenvalue weighted by Gasteiger charge is -2.38. The number of alkyl halides is 3. The van der Waals surface area contributed by atoms with Gasteiger partial charge in [0.15, 0.2) is 0 Å². The van der Waals surface area contributed by atoms with Crippen LogP contribution in [0.4, 0.5) is 13.2 Å². The molecule has 38 heavy (non-hydrogen) atoms. The molecule has 1 saturated carbocycles. The molecular formula is C27H31F3N4O3S. The monoisotopic (exact) mass is 548 g/mol. The third kappa shape index (κ3) is 5.45. The first-order chi connectivity index (χ1) is 18.0. The minimum atomic E-state index is -4.40. The largest absolute Gasteiger partial charge is 0.405 e. The van der Waals surface area contributed by atoms with Gasteiger partial charge in [0.2, 0.25) is 15.9 Å². The lowest BCUT2D eigenvalue weighted by Crippen LogP contribution is -2.59. The van der Waals surface area contributed by atoms with Crippen LogP contribution in [0.3, 0.4) is 0 Å². The fraction of sp³-hybridized carbons (Fsp3) is 0.444. The Kier molecular flexibility index (Phi) is 7.27. The first-order valence-electron chi connectivity index (χ1n) is 12.8. The number of hydrogen-bond acceptors (Lipinski definition) is 4. The average molecular weight is 549 g/mol. The van der Waals surface area contributed by atoms with Crippen LogP contribution in [0.5, 0.6) is 0 Å². The highest BCUT2D eigenvalue weighted by atomic mass is 32.2. The maximum absolute atomic E-state index is 13.2. The third-order valence-electron chi connectivity index (χ3n) is 7.67. The van der Waals surface area contributed by atoms with Crippen molar-refractivity contribution in [2.75, 3.05) is 19.6 Å². The van der Waals surface area contributed by atoms with Gasteiger partial charge < -0.3 is 14.8 Å². The lowest BCUT2D eigenvalue weighted by atomic mass is 9.85. The number of amides is 1. The first-order valence-corrected chi connectivity index (χ1v) is 14.3. The van der Waals surface area contributed by atoms with Gasteiger partial charge in [0.25, 0.3) is 0 Å². The van der Waals surface area contributed by atoms with Gasteiger partial charge in [-0.3, -0.25) is 4.79 Å². The molecule has 2 N–H and O–H groups in total. The smallest absolute Gasteiger partial charge is 0.344 e. The molecule has 2 fully saturated rings. The fourth-order valence-corrected chi connectivity index (χ4v) is 6.89. The van der Waals surface area contributed by atoms with Gasteiger partial charge in [-0.1, -0.05) is 30.3 Å². The zero-order valence-electron chi connectivity index (χ0n) is 21.0. The topological polar surface area (TPSA) is 83.4 Å². The molecule has 1 aliphatic carbocycles. The Hall–Kier alpha value is -2.89. The molecule has 1 atom stereocenters. The van der Waals surface area contributed by atoms with Crippen molar-refractivity contribution < 1.29 is 26.4 Å². The van der Waals surface area contributed by atoms with E-state index in [-0.39, 0.29) is 42.4 Å². The van der Waals surface area contributed by atoms with Crippen LogP contribution in [0, 0.1) is 5.92 Å². The highest BCUT2D eigenvalue weighted by molar-refractivity contribution is 7.89. The lowest BCUT2D eigenvalue weighted by molar-refractivity contribution is -0.169. The number of nitrogens with one attached hydrogen (secondary N) is 2. The number of hydrogen-bond donors (Lipinski definition) is 2. The summed E-state index contributed by atoms with van der Waals surface area (Å²) in [5.74, 6) is -0.661. The molecule has 1 aromatic heterocycles. The van der Waals surface area contributed by atoms with E-state index in [2.05, 4.69) is 10.0 Å². The molecule has 1 aliphatic heterocycles. The van der Waals surface area contributed by atoms with E-state index in [1.54, 1.807) is 18.2 Å². The number of halogens is 3. The number of aromatic nitrogens is 1. The van der Waals surface area contributed by atoms with Crippen LogP contribution in [0.2, 0.25) is 0 Å². The molecule has 2 aromatic carbocycles. The van der Waals surface area contributed by atoms with E-state index >= 15 is 0 Å². The van der Waals surface area contributed by atoms with Gasteiger partial charge in [0, 0.05) is 55.2 Å². The van der Waals surface area contributed by atoms with Gasteiger partial charge in [-0.05, 0) is 55.5 Å². The summed E-state index contributed by atoms with van der Waals surface area (Å²) >= 11 is 0. The quantitative estimate of drug-likeness (QED) is 0.504. The van der Waals surface area contributed by atoms with Crippen molar-refractivity contribution in [3.05, 3.63) is 54.6 Å². The van der Waals surface area contributed by atoms with Gasteiger partial charge in [0.05, 0.1) is 4.90 Å². The van der Waals surface area contributed by atoms with E-state index in [9.17, 15) is 26.4 Å². The number of carbonyl (C=O) groups excluding carboxylic acids is 1. The zero-order valence-corrected chi connectivity index (χ0v) is 21.9. The van der Waals surface area contributed by atoms with E-state index in [0.29, 0.717) is 25.7 Å². The van der Waals surface area contributed by atoms with E-state index in [4.69, 9.17) is 0 Å². The van der Waals surface area contributed by atoms with Crippen molar-refractivity contribution in [2.45, 2.75) is 48.8 Å². The van der Waals surface area contributed by atoms with E-state index in [1.807, 2.05) is 48.0 Å². The molecule has 2 aliphatic rings. The summed E-state index contributed by atoms with van der Waals surface area (Å²) < 4.78 is 70.5. The normalized spacial score (nSPS) is 23.1. The number of aryl methyl sites for hydroxylation is 1. The minimum absolute atomic E-state index is 0.101. The highest BCUT2D eigenvalue weighted by Gasteiger charge is 2.43. The van der Waals surface area contributed by atoms with Crippen molar-refractivity contribution in [2.24, 2.45) is 13.0 Å². The number of sulfonamides is 1. The summed E-state index contributed by atoms with van der Waals surface area (Å²) in [4.78, 5) is 14.4. The van der Waals surface area contributed by atoms with Gasteiger partial charge in [-0.2, -0.15) is 13.2 Å². The van der Waals surface area contributed by atoms with Crippen LogP contribution < -0.4 is 10.0 Å². The van der Waals surface area contributed by atoms with Gasteiger partial charge in [-0.15, -0.1) is 0 Å². The van der Waals surface area contributed by atoms with Crippen molar-refractivity contribution in [1.82, 2.24) is 19.5 Å². The number of rotatable bonds is 5. The number of nitrogens with zero attached hydrogens (tertiary/aromatic N) is 2. The predicted molar refractivity (Wildman–Crippen MR) is 139 cm³/mol. The molecule has 0 radical (unpaired) electrons. The molecule has 1 amide bonds. The third-order valence-corrected chi connectivity index (χ3v) is 9.19. The number of benzene rings is 2. The Morgan fingerprint density at radius 2 is 1.74 bits per heavy atom. The maximum Gasteiger partial charge on any atom is 0.405 e. The highest BCUT2D eigenvalue weighted by Crippen LogP contribution is 2.31. The SMILES string of the molecule is Cn1c(-c2ccccc2)cc2cc(S(=O)(=O)NC3CCC(C(=O)N4CCN[C@@H](C(F)(F)F)C4)CC3)ccc21. The van der Waals surface area contributed by atoms with Crippen molar-refractivity contribution in [1.29, 1.82) is 0 Å². The molecular weight excluding hydrogens is 517 g/mol. The summed E-state index contributed by atoms with van der Waals surface area (Å²) in [6.45, 7) is -0.0432. The summed E-state index contributed by atoms with van der Waals surface area (Å²) in [6.07, 6.45) is -2.62. The van der Waals surface area contributed by atoms with E-state index in [0.717, 1.165) is 22.2 Å². The van der Waals surface area contributed by atoms with Crippen molar-refractivity contribution in [3.8, 4) is 11.3 Å². The van der Waals surface area contributed by atoms with Crippen molar-refractivity contribution >= 4 is 26.8 Å². The van der Waals surface area contributed by atoms with E-state index in [1.165, 1.54) is 4.90 Å². The summed E-state index contributed by atoms with van der Waals surface area (Å²) in [7, 11) is -1.84. The second-order valence-electron chi connectivity index (χ2n) is 10.2. The molecule has 2 heterocycles. The Balaban J connectivity index is 1.22. The molecule has 204 valence electrons. The molecule has 3 aromatic rings. The predicted octanol–water partition coefficient (Wildman–Crippen LogP) is 4.05. The number of fused-ring (bicyclic) bond motifs is 1. The van der Waals surface area contributed by atoms with Crippen LogP contribution in [0.1, 0.15) is 25.7 Å². The summed E-state index contributed by atoms with van der Waals surface area (Å²) in [5, 5.41) is 3.24.